The molecule has 1 aliphatic rings. The van der Waals surface area contributed by atoms with Gasteiger partial charge >= 0.3 is 0 Å². The van der Waals surface area contributed by atoms with Gasteiger partial charge < -0.3 is 14.6 Å². The molecule has 0 radical (unpaired) electrons. The monoisotopic (exact) mass is 422 g/mol. The summed E-state index contributed by atoms with van der Waals surface area (Å²) in [6.45, 7) is 4.09. The average Bonchev–Trinajstić information content (AvgIpc) is 3.01. The third kappa shape index (κ3) is 3.96. The number of methoxy groups -OCH3 is 2. The van der Waals surface area contributed by atoms with E-state index < -0.39 is 11.0 Å². The minimum Gasteiger partial charge on any atom is -0.497 e. The maximum Gasteiger partial charge on any atom is 0.156 e. The summed E-state index contributed by atoms with van der Waals surface area (Å²) in [4.78, 5) is 0. The van der Waals surface area contributed by atoms with E-state index in [1.165, 1.54) is 0 Å². The number of rotatable bonds is 2. The zero-order valence-corrected chi connectivity index (χ0v) is 18.8. The number of fused-ring (bicyclic) bond motifs is 1. The molecule has 1 aliphatic carbocycles. The summed E-state index contributed by atoms with van der Waals surface area (Å²) in [5, 5.41) is 11.7. The SMILES string of the molecule is COc1ccc(C#Cc2ccccc2C#CC2(O)c3ccc(OC)cc3CC2(C)C)cc1. The molecule has 3 heteroatoms. The number of aliphatic hydroxyl groups is 1. The molecular weight excluding hydrogens is 396 g/mol. The topological polar surface area (TPSA) is 38.7 Å². The molecule has 3 aromatic carbocycles. The lowest BCUT2D eigenvalue weighted by molar-refractivity contribution is -0.00421. The van der Waals surface area contributed by atoms with Crippen LogP contribution in [0.3, 0.4) is 0 Å². The van der Waals surface area contributed by atoms with Gasteiger partial charge in [-0.15, -0.1) is 0 Å². The Morgan fingerprint density at radius 2 is 1.41 bits per heavy atom. The highest BCUT2D eigenvalue weighted by molar-refractivity contribution is 5.56. The van der Waals surface area contributed by atoms with Gasteiger partial charge in [0.05, 0.1) is 14.2 Å². The Morgan fingerprint density at radius 3 is 2.06 bits per heavy atom. The first-order valence-corrected chi connectivity index (χ1v) is 10.5. The normalized spacial score (nSPS) is 17.9. The lowest BCUT2D eigenvalue weighted by Gasteiger charge is -2.32. The fourth-order valence-electron chi connectivity index (χ4n) is 4.07. The van der Waals surface area contributed by atoms with Crippen molar-refractivity contribution in [1.82, 2.24) is 0 Å². The van der Waals surface area contributed by atoms with Crippen molar-refractivity contribution in [3.63, 3.8) is 0 Å². The molecule has 0 aromatic heterocycles. The molecule has 160 valence electrons. The first-order valence-electron chi connectivity index (χ1n) is 10.5. The zero-order chi connectivity index (χ0) is 22.8. The summed E-state index contributed by atoms with van der Waals surface area (Å²) in [7, 11) is 3.29. The molecule has 4 rings (SSSR count). The van der Waals surface area contributed by atoms with Crippen LogP contribution in [-0.2, 0) is 12.0 Å². The molecule has 0 spiro atoms. The van der Waals surface area contributed by atoms with Crippen molar-refractivity contribution in [1.29, 1.82) is 0 Å². The molecular formula is C29H26O3. The molecule has 1 N–H and O–H groups in total. The summed E-state index contributed by atoms with van der Waals surface area (Å²) in [6, 6.07) is 21.2. The number of ether oxygens (including phenoxy) is 2. The van der Waals surface area contributed by atoms with E-state index in [0.29, 0.717) is 0 Å². The van der Waals surface area contributed by atoms with Crippen LogP contribution in [0, 0.1) is 29.1 Å². The Bertz CT molecular complexity index is 1260. The lowest BCUT2D eigenvalue weighted by Crippen LogP contribution is -2.37. The molecule has 3 nitrogen and oxygen atoms in total. The van der Waals surface area contributed by atoms with E-state index in [4.69, 9.17) is 9.47 Å². The standard InChI is InChI=1S/C29H26O3/c1-28(2)20-24-19-26(32-4)15-16-27(24)29(28,30)18-17-23-8-6-5-7-22(23)12-9-21-10-13-25(31-3)14-11-21/h5-8,10-11,13-16,19,30H,20H2,1-4H3. The van der Waals surface area contributed by atoms with Crippen molar-refractivity contribution < 1.29 is 14.6 Å². The summed E-state index contributed by atoms with van der Waals surface area (Å²) in [6.07, 6.45) is 0.726. The maximum absolute atomic E-state index is 11.7. The van der Waals surface area contributed by atoms with Gasteiger partial charge in [0.15, 0.2) is 5.60 Å². The second kappa shape index (κ2) is 8.46. The third-order valence-electron chi connectivity index (χ3n) is 6.05. The fraction of sp³-hybridized carbons (Fsp3) is 0.241. The van der Waals surface area contributed by atoms with Gasteiger partial charge in [0.25, 0.3) is 0 Å². The van der Waals surface area contributed by atoms with Crippen LogP contribution in [0.15, 0.2) is 66.7 Å². The predicted molar refractivity (Wildman–Crippen MR) is 127 cm³/mol. The van der Waals surface area contributed by atoms with Gasteiger partial charge in [-0.05, 0) is 66.1 Å². The van der Waals surface area contributed by atoms with Gasteiger partial charge in [-0.3, -0.25) is 0 Å². The minimum atomic E-state index is -1.26. The lowest BCUT2D eigenvalue weighted by atomic mass is 9.76. The second-order valence-corrected chi connectivity index (χ2v) is 8.57. The number of hydrogen-bond acceptors (Lipinski definition) is 3. The highest BCUT2D eigenvalue weighted by Gasteiger charge is 2.50. The molecule has 0 saturated carbocycles. The van der Waals surface area contributed by atoms with Gasteiger partial charge in [-0.25, -0.2) is 0 Å². The third-order valence-corrected chi connectivity index (χ3v) is 6.05. The van der Waals surface area contributed by atoms with Crippen LogP contribution in [-0.4, -0.2) is 19.3 Å². The van der Waals surface area contributed by atoms with Crippen LogP contribution in [0.1, 0.15) is 41.7 Å². The quantitative estimate of drug-likeness (QED) is 0.596. The van der Waals surface area contributed by atoms with Crippen molar-refractivity contribution in [2.45, 2.75) is 25.9 Å². The van der Waals surface area contributed by atoms with Crippen LogP contribution in [0.2, 0.25) is 0 Å². The largest absolute Gasteiger partial charge is 0.497 e. The summed E-state index contributed by atoms with van der Waals surface area (Å²) in [5.74, 6) is 14.4. The van der Waals surface area contributed by atoms with E-state index in [2.05, 4.69) is 23.7 Å². The Kier molecular flexibility index (Phi) is 5.70. The van der Waals surface area contributed by atoms with E-state index in [-0.39, 0.29) is 0 Å². The molecule has 0 aliphatic heterocycles. The highest BCUT2D eigenvalue weighted by Crippen LogP contribution is 2.50. The van der Waals surface area contributed by atoms with Crippen molar-refractivity contribution >= 4 is 0 Å². The van der Waals surface area contributed by atoms with Gasteiger partial charge in [0, 0.05) is 22.1 Å². The van der Waals surface area contributed by atoms with E-state index >= 15 is 0 Å². The van der Waals surface area contributed by atoms with Crippen LogP contribution in [0.25, 0.3) is 0 Å². The van der Waals surface area contributed by atoms with Gasteiger partial charge in [0.2, 0.25) is 0 Å². The van der Waals surface area contributed by atoms with Gasteiger partial charge in [-0.2, -0.15) is 0 Å². The number of hydrogen-bond donors (Lipinski definition) is 1. The van der Waals surface area contributed by atoms with Gasteiger partial charge in [0.1, 0.15) is 11.5 Å². The molecule has 0 bridgehead atoms. The van der Waals surface area contributed by atoms with Crippen molar-refractivity contribution in [2.75, 3.05) is 14.2 Å². The van der Waals surface area contributed by atoms with Crippen molar-refractivity contribution in [3.05, 3.63) is 94.5 Å². The van der Waals surface area contributed by atoms with Crippen molar-refractivity contribution in [2.24, 2.45) is 5.41 Å². The smallest absolute Gasteiger partial charge is 0.156 e. The highest BCUT2D eigenvalue weighted by atomic mass is 16.5. The van der Waals surface area contributed by atoms with E-state index in [0.717, 1.165) is 45.7 Å². The molecule has 0 amide bonds. The summed E-state index contributed by atoms with van der Waals surface area (Å²) >= 11 is 0. The van der Waals surface area contributed by atoms with E-state index in [9.17, 15) is 5.11 Å². The predicted octanol–water partition coefficient (Wildman–Crippen LogP) is 4.93. The van der Waals surface area contributed by atoms with E-state index in [1.807, 2.05) is 80.6 Å². The summed E-state index contributed by atoms with van der Waals surface area (Å²) in [5.41, 5.74) is 2.73. The van der Waals surface area contributed by atoms with E-state index in [1.54, 1.807) is 14.2 Å². The molecule has 1 unspecified atom stereocenters. The minimum absolute atomic E-state index is 0.432. The first-order chi connectivity index (χ1) is 15.4. The second-order valence-electron chi connectivity index (χ2n) is 8.57. The van der Waals surface area contributed by atoms with Crippen molar-refractivity contribution in [3.8, 4) is 35.2 Å². The molecule has 1 atom stereocenters. The Morgan fingerprint density at radius 1 is 0.781 bits per heavy atom. The fourth-order valence-corrected chi connectivity index (χ4v) is 4.07. The molecule has 0 heterocycles. The Hall–Kier alpha value is -3.66. The maximum atomic E-state index is 11.7. The molecule has 3 aromatic rings. The van der Waals surface area contributed by atoms with Crippen LogP contribution in [0.5, 0.6) is 11.5 Å². The molecule has 32 heavy (non-hydrogen) atoms. The van der Waals surface area contributed by atoms with Gasteiger partial charge in [-0.1, -0.05) is 55.7 Å². The Balaban J connectivity index is 1.70. The first kappa shape index (κ1) is 21.6. The van der Waals surface area contributed by atoms with Crippen LogP contribution in [0.4, 0.5) is 0 Å². The molecule has 0 fully saturated rings. The average molecular weight is 423 g/mol. The number of benzene rings is 3. The Labute approximate surface area is 190 Å². The summed E-state index contributed by atoms with van der Waals surface area (Å²) < 4.78 is 10.6. The van der Waals surface area contributed by atoms with Crippen LogP contribution < -0.4 is 9.47 Å². The van der Waals surface area contributed by atoms with Crippen LogP contribution >= 0.6 is 0 Å². The molecule has 0 saturated heterocycles. The zero-order valence-electron chi connectivity index (χ0n) is 18.8.